The smallest absolute Gasteiger partial charge is 0.236 e. The van der Waals surface area contributed by atoms with Crippen LogP contribution in [0.3, 0.4) is 0 Å². The zero-order valence-corrected chi connectivity index (χ0v) is 10.2. The van der Waals surface area contributed by atoms with Gasteiger partial charge in [0.1, 0.15) is 0 Å². The van der Waals surface area contributed by atoms with E-state index < -0.39 is 0 Å². The number of amides is 2. The van der Waals surface area contributed by atoms with Gasteiger partial charge in [-0.15, -0.1) is 0 Å². The van der Waals surface area contributed by atoms with Gasteiger partial charge in [-0.2, -0.15) is 0 Å². The summed E-state index contributed by atoms with van der Waals surface area (Å²) in [6, 6.07) is 0.391. The first kappa shape index (κ1) is 12.4. The average Bonchev–Trinajstić information content (AvgIpc) is 3.14. The third-order valence-corrected chi connectivity index (χ3v) is 3.21. The standard InChI is InChI=1S/C12H21N3O2/c16-11(14-10-4-5-10)8-13-9-12(17)15-6-2-1-3-7-15/h10,13H,1-9H2,(H,14,16). The normalized spacial score (nSPS) is 20.1. The molecule has 2 N–H and O–H groups in total. The van der Waals surface area contributed by atoms with E-state index in [1.165, 1.54) is 6.42 Å². The Hall–Kier alpha value is -1.10. The van der Waals surface area contributed by atoms with Crippen LogP contribution in [0.1, 0.15) is 32.1 Å². The lowest BCUT2D eigenvalue weighted by atomic mass is 10.1. The van der Waals surface area contributed by atoms with E-state index in [4.69, 9.17) is 0 Å². The van der Waals surface area contributed by atoms with E-state index in [0.717, 1.165) is 38.8 Å². The third kappa shape index (κ3) is 4.34. The number of carbonyl (C=O) groups excluding carboxylic acids is 2. The van der Waals surface area contributed by atoms with Crippen LogP contribution in [-0.4, -0.2) is 48.9 Å². The van der Waals surface area contributed by atoms with Crippen LogP contribution in [0.25, 0.3) is 0 Å². The maximum Gasteiger partial charge on any atom is 0.236 e. The zero-order chi connectivity index (χ0) is 12.1. The van der Waals surface area contributed by atoms with Gasteiger partial charge in [-0.25, -0.2) is 0 Å². The van der Waals surface area contributed by atoms with Crippen LogP contribution >= 0.6 is 0 Å². The molecule has 2 rings (SSSR count). The van der Waals surface area contributed by atoms with Gasteiger partial charge in [-0.1, -0.05) is 0 Å². The van der Waals surface area contributed by atoms with E-state index in [1.807, 2.05) is 4.90 Å². The lowest BCUT2D eigenvalue weighted by Gasteiger charge is -2.26. The van der Waals surface area contributed by atoms with Crippen LogP contribution in [0, 0.1) is 0 Å². The van der Waals surface area contributed by atoms with E-state index >= 15 is 0 Å². The van der Waals surface area contributed by atoms with Gasteiger partial charge < -0.3 is 10.2 Å². The molecular formula is C12H21N3O2. The molecule has 1 saturated carbocycles. The van der Waals surface area contributed by atoms with E-state index in [2.05, 4.69) is 10.6 Å². The highest BCUT2D eigenvalue weighted by Crippen LogP contribution is 2.18. The van der Waals surface area contributed by atoms with Crippen molar-refractivity contribution in [2.75, 3.05) is 26.2 Å². The third-order valence-electron chi connectivity index (χ3n) is 3.21. The molecule has 5 nitrogen and oxygen atoms in total. The highest BCUT2D eigenvalue weighted by molar-refractivity contribution is 5.81. The molecule has 0 aromatic carbocycles. The van der Waals surface area contributed by atoms with Crippen molar-refractivity contribution in [2.24, 2.45) is 0 Å². The van der Waals surface area contributed by atoms with Crippen molar-refractivity contribution in [1.82, 2.24) is 15.5 Å². The van der Waals surface area contributed by atoms with Crippen LogP contribution in [-0.2, 0) is 9.59 Å². The quantitative estimate of drug-likeness (QED) is 0.702. The first-order valence-corrected chi connectivity index (χ1v) is 6.53. The number of hydrogen-bond donors (Lipinski definition) is 2. The number of nitrogens with zero attached hydrogens (tertiary/aromatic N) is 1. The van der Waals surface area contributed by atoms with Crippen LogP contribution in [0.15, 0.2) is 0 Å². The van der Waals surface area contributed by atoms with Crippen LogP contribution in [0.4, 0.5) is 0 Å². The molecule has 0 bridgehead atoms. The molecule has 1 heterocycles. The lowest BCUT2D eigenvalue weighted by Crippen LogP contribution is -2.43. The van der Waals surface area contributed by atoms with Crippen molar-refractivity contribution in [3.63, 3.8) is 0 Å². The van der Waals surface area contributed by atoms with Gasteiger partial charge in [0.2, 0.25) is 11.8 Å². The number of likely N-dealkylation sites (tertiary alicyclic amines) is 1. The lowest BCUT2D eigenvalue weighted by molar-refractivity contribution is -0.131. The fourth-order valence-corrected chi connectivity index (χ4v) is 2.04. The van der Waals surface area contributed by atoms with E-state index in [9.17, 15) is 9.59 Å². The first-order chi connectivity index (χ1) is 8.25. The van der Waals surface area contributed by atoms with Crippen molar-refractivity contribution < 1.29 is 9.59 Å². The molecule has 2 amide bonds. The molecule has 17 heavy (non-hydrogen) atoms. The highest BCUT2D eigenvalue weighted by Gasteiger charge is 2.23. The Morgan fingerprint density at radius 1 is 1.06 bits per heavy atom. The minimum absolute atomic E-state index is 0.000978. The molecule has 0 atom stereocenters. The average molecular weight is 239 g/mol. The molecule has 0 radical (unpaired) electrons. The predicted molar refractivity (Wildman–Crippen MR) is 64.5 cm³/mol. The molecule has 1 aliphatic heterocycles. The second-order valence-corrected chi connectivity index (χ2v) is 4.89. The van der Waals surface area contributed by atoms with Crippen molar-refractivity contribution >= 4 is 11.8 Å². The number of nitrogens with one attached hydrogen (secondary N) is 2. The minimum Gasteiger partial charge on any atom is -0.352 e. The topological polar surface area (TPSA) is 61.4 Å². The Labute approximate surface area is 102 Å². The molecule has 96 valence electrons. The van der Waals surface area contributed by atoms with Crippen molar-refractivity contribution in [3.05, 3.63) is 0 Å². The Morgan fingerprint density at radius 3 is 2.41 bits per heavy atom. The first-order valence-electron chi connectivity index (χ1n) is 6.53. The van der Waals surface area contributed by atoms with Crippen LogP contribution in [0.5, 0.6) is 0 Å². The summed E-state index contributed by atoms with van der Waals surface area (Å²) < 4.78 is 0. The molecule has 5 heteroatoms. The molecular weight excluding hydrogens is 218 g/mol. The Balaban J connectivity index is 1.56. The van der Waals surface area contributed by atoms with Crippen LogP contribution < -0.4 is 10.6 Å². The van der Waals surface area contributed by atoms with Crippen molar-refractivity contribution in [2.45, 2.75) is 38.1 Å². The maximum absolute atomic E-state index is 11.7. The number of rotatable bonds is 5. The fourth-order valence-electron chi connectivity index (χ4n) is 2.04. The molecule has 0 spiro atoms. The molecule has 0 unspecified atom stereocenters. The van der Waals surface area contributed by atoms with Gasteiger partial charge in [-0.05, 0) is 32.1 Å². The monoisotopic (exact) mass is 239 g/mol. The molecule has 2 fully saturated rings. The minimum atomic E-state index is -0.000978. The van der Waals surface area contributed by atoms with Gasteiger partial charge in [0.25, 0.3) is 0 Å². The molecule has 0 aromatic heterocycles. The summed E-state index contributed by atoms with van der Waals surface area (Å²) in [5.74, 6) is 0.114. The van der Waals surface area contributed by atoms with E-state index in [-0.39, 0.29) is 24.9 Å². The van der Waals surface area contributed by atoms with Gasteiger partial charge in [0, 0.05) is 19.1 Å². The second kappa shape index (κ2) is 6.00. The Kier molecular flexibility index (Phi) is 4.36. The Bertz CT molecular complexity index is 283. The summed E-state index contributed by atoms with van der Waals surface area (Å²) in [6.07, 6.45) is 5.62. The highest BCUT2D eigenvalue weighted by atomic mass is 16.2. The van der Waals surface area contributed by atoms with Gasteiger partial charge >= 0.3 is 0 Å². The molecule has 0 aromatic rings. The number of piperidine rings is 1. The SMILES string of the molecule is O=C(CNCC(=O)N1CCCCC1)NC1CC1. The molecule has 1 aliphatic carbocycles. The van der Waals surface area contributed by atoms with Crippen molar-refractivity contribution in [1.29, 1.82) is 0 Å². The number of hydrogen-bond acceptors (Lipinski definition) is 3. The van der Waals surface area contributed by atoms with E-state index in [1.54, 1.807) is 0 Å². The predicted octanol–water partition coefficient (Wildman–Crippen LogP) is -0.133. The fraction of sp³-hybridized carbons (Fsp3) is 0.833. The number of carbonyl (C=O) groups is 2. The van der Waals surface area contributed by atoms with Gasteiger partial charge in [0.15, 0.2) is 0 Å². The summed E-state index contributed by atoms with van der Waals surface area (Å²) in [7, 11) is 0. The van der Waals surface area contributed by atoms with Crippen molar-refractivity contribution in [3.8, 4) is 0 Å². The van der Waals surface area contributed by atoms with Crippen LogP contribution in [0.2, 0.25) is 0 Å². The molecule has 2 aliphatic rings. The van der Waals surface area contributed by atoms with Gasteiger partial charge in [0.05, 0.1) is 13.1 Å². The second-order valence-electron chi connectivity index (χ2n) is 4.89. The summed E-state index contributed by atoms with van der Waals surface area (Å²) >= 11 is 0. The Morgan fingerprint density at radius 2 is 1.76 bits per heavy atom. The van der Waals surface area contributed by atoms with Gasteiger partial charge in [-0.3, -0.25) is 14.9 Å². The zero-order valence-electron chi connectivity index (χ0n) is 10.2. The summed E-state index contributed by atoms with van der Waals surface area (Å²) in [6.45, 7) is 2.26. The maximum atomic E-state index is 11.7. The molecule has 1 saturated heterocycles. The summed E-state index contributed by atoms with van der Waals surface area (Å²) in [4.78, 5) is 25.0. The summed E-state index contributed by atoms with van der Waals surface area (Å²) in [5, 5.41) is 5.79. The van der Waals surface area contributed by atoms with E-state index in [0.29, 0.717) is 6.04 Å². The largest absolute Gasteiger partial charge is 0.352 e. The summed E-state index contributed by atoms with van der Waals surface area (Å²) in [5.41, 5.74) is 0.